The van der Waals surface area contributed by atoms with E-state index in [0.29, 0.717) is 55.7 Å². The molecule has 1 unspecified atom stereocenters. The molecule has 2 heterocycles. The van der Waals surface area contributed by atoms with E-state index in [1.807, 2.05) is 6.92 Å². The van der Waals surface area contributed by atoms with Crippen LogP contribution in [0.5, 0.6) is 11.5 Å². The largest absolute Gasteiger partial charge is 0.872 e. The Morgan fingerprint density at radius 3 is 2.50 bits per heavy atom. The molecule has 0 bridgehead atoms. The fourth-order valence-electron chi connectivity index (χ4n) is 4.66. The summed E-state index contributed by atoms with van der Waals surface area (Å²) in [6.45, 7) is 10.5. The number of aromatic hydroxyl groups is 1. The van der Waals surface area contributed by atoms with Crippen molar-refractivity contribution in [2.24, 2.45) is 5.92 Å². The first kappa shape index (κ1) is 25.7. The van der Waals surface area contributed by atoms with E-state index in [2.05, 4.69) is 13.8 Å². The number of morpholine rings is 1. The molecule has 36 heavy (non-hydrogen) atoms. The zero-order chi connectivity index (χ0) is 25.8. The number of ether oxygens (including phenoxy) is 2. The third-order valence-corrected chi connectivity index (χ3v) is 6.65. The first-order valence-corrected chi connectivity index (χ1v) is 12.5. The second-order valence-corrected chi connectivity index (χ2v) is 9.86. The van der Waals surface area contributed by atoms with Gasteiger partial charge in [0.1, 0.15) is 24.6 Å². The number of carbonyl (C=O) groups is 2. The van der Waals surface area contributed by atoms with E-state index in [-0.39, 0.29) is 11.3 Å². The molecule has 8 heteroatoms. The van der Waals surface area contributed by atoms with E-state index in [9.17, 15) is 19.8 Å². The summed E-state index contributed by atoms with van der Waals surface area (Å²) in [7, 11) is 0. The van der Waals surface area contributed by atoms with E-state index in [4.69, 9.17) is 9.47 Å². The van der Waals surface area contributed by atoms with Crippen LogP contribution in [0.3, 0.4) is 0 Å². The maximum Gasteiger partial charge on any atom is 0.295 e. The fourth-order valence-corrected chi connectivity index (χ4v) is 4.66. The summed E-state index contributed by atoms with van der Waals surface area (Å²) in [5.74, 6) is -0.792. The van der Waals surface area contributed by atoms with Gasteiger partial charge in [-0.2, -0.15) is 0 Å². The summed E-state index contributed by atoms with van der Waals surface area (Å²) in [6, 6.07) is 10.6. The topological polar surface area (TPSA) is 104 Å². The maximum atomic E-state index is 13.7. The monoisotopic (exact) mass is 494 g/mol. The van der Waals surface area contributed by atoms with Crippen LogP contribution in [0.4, 0.5) is 0 Å². The summed E-state index contributed by atoms with van der Waals surface area (Å²) in [6.07, 6.45) is 0. The zero-order valence-corrected chi connectivity index (χ0v) is 21.1. The molecule has 0 aliphatic carbocycles. The molecule has 1 atom stereocenters. The third kappa shape index (κ3) is 5.55. The smallest absolute Gasteiger partial charge is 0.295 e. The van der Waals surface area contributed by atoms with Gasteiger partial charge in [0.2, 0.25) is 5.78 Å². The molecule has 2 aromatic carbocycles. The van der Waals surface area contributed by atoms with Crippen LogP contribution in [0, 0.1) is 12.8 Å². The molecule has 2 aromatic rings. The Bertz CT molecular complexity index is 1140. The maximum absolute atomic E-state index is 13.7. The first-order chi connectivity index (χ1) is 17.3. The van der Waals surface area contributed by atoms with Crippen molar-refractivity contribution in [2.45, 2.75) is 26.8 Å². The van der Waals surface area contributed by atoms with Gasteiger partial charge in [-0.25, -0.2) is 0 Å². The highest BCUT2D eigenvalue weighted by molar-refractivity contribution is 6.46. The van der Waals surface area contributed by atoms with Crippen molar-refractivity contribution in [3.05, 3.63) is 64.7 Å². The Balaban J connectivity index is 1.69. The van der Waals surface area contributed by atoms with Crippen LogP contribution in [-0.4, -0.2) is 67.7 Å². The average Bonchev–Trinajstić information content (AvgIpc) is 3.12. The summed E-state index contributed by atoms with van der Waals surface area (Å²) in [5.41, 5.74) is 1.68. The molecule has 0 spiro atoms. The van der Waals surface area contributed by atoms with Gasteiger partial charge in [0.05, 0.1) is 39.0 Å². The standard InChI is InChI=1S/C28H34N2O6/c1-18(2)17-36-23-9-6-21(16-19(23)3)26(32)24-25(20-4-7-22(31)8-5-20)30(28(34)27(24)33)11-10-29-12-14-35-15-13-29/h4-9,16,18,25,31-32H,10-15,17H2,1-3H3. The van der Waals surface area contributed by atoms with Gasteiger partial charge in [-0.1, -0.05) is 37.8 Å². The number of benzene rings is 2. The predicted molar refractivity (Wildman–Crippen MR) is 132 cm³/mol. The molecule has 0 radical (unpaired) electrons. The van der Waals surface area contributed by atoms with E-state index in [1.165, 1.54) is 21.9 Å². The summed E-state index contributed by atoms with van der Waals surface area (Å²) < 4.78 is 11.2. The second-order valence-electron chi connectivity index (χ2n) is 9.86. The lowest BCUT2D eigenvalue weighted by Gasteiger charge is -2.30. The molecule has 2 aliphatic heterocycles. The Morgan fingerprint density at radius 1 is 1.17 bits per heavy atom. The Kier molecular flexibility index (Phi) is 7.96. The number of likely N-dealkylation sites (tertiary alicyclic amines) is 1. The van der Waals surface area contributed by atoms with Crippen LogP contribution in [0.1, 0.15) is 36.6 Å². The van der Waals surface area contributed by atoms with Gasteiger partial charge < -0.3 is 29.5 Å². The summed E-state index contributed by atoms with van der Waals surface area (Å²) in [4.78, 5) is 29.1. The Labute approximate surface area is 211 Å². The second kappa shape index (κ2) is 11.1. The quantitative estimate of drug-likeness (QED) is 0.321. The minimum Gasteiger partial charge on any atom is -0.872 e. The van der Waals surface area contributed by atoms with Gasteiger partial charge in [0.25, 0.3) is 5.91 Å². The number of aryl methyl sites for hydroxylation is 1. The molecule has 1 amide bonds. The molecule has 192 valence electrons. The number of rotatable bonds is 8. The van der Waals surface area contributed by atoms with Crippen LogP contribution >= 0.6 is 0 Å². The number of phenols is 1. The normalized spacial score (nSPS) is 20.3. The first-order valence-electron chi connectivity index (χ1n) is 12.5. The van der Waals surface area contributed by atoms with Gasteiger partial charge in [-0.3, -0.25) is 9.59 Å². The highest BCUT2D eigenvalue weighted by atomic mass is 16.5. The number of hydrogen-bond acceptors (Lipinski definition) is 6. The van der Waals surface area contributed by atoms with Gasteiger partial charge in [-0.15, -0.1) is 0 Å². The van der Waals surface area contributed by atoms with Gasteiger partial charge in [0.15, 0.2) is 0 Å². The van der Waals surface area contributed by atoms with E-state index in [1.54, 1.807) is 30.3 Å². The lowest BCUT2D eigenvalue weighted by Crippen LogP contribution is -3.14. The summed E-state index contributed by atoms with van der Waals surface area (Å²) >= 11 is 0. The number of hydrogen-bond donors (Lipinski definition) is 2. The number of quaternary nitrogens is 1. The van der Waals surface area contributed by atoms with Crippen molar-refractivity contribution in [3.63, 3.8) is 0 Å². The van der Waals surface area contributed by atoms with Crippen molar-refractivity contribution in [1.29, 1.82) is 0 Å². The number of ketones is 1. The van der Waals surface area contributed by atoms with Crippen LogP contribution in [-0.2, 0) is 14.3 Å². The number of carbonyl (C=O) groups excluding carboxylic acids is 2. The lowest BCUT2D eigenvalue weighted by molar-refractivity contribution is -0.907. The summed E-state index contributed by atoms with van der Waals surface area (Å²) in [5, 5.41) is 23.5. The molecule has 4 rings (SSSR count). The van der Waals surface area contributed by atoms with E-state index in [0.717, 1.165) is 18.7 Å². The minimum atomic E-state index is -0.810. The lowest BCUT2D eigenvalue weighted by atomic mass is 9.94. The highest BCUT2D eigenvalue weighted by Crippen LogP contribution is 2.39. The van der Waals surface area contributed by atoms with Gasteiger partial charge >= 0.3 is 0 Å². The average molecular weight is 495 g/mol. The Hall–Kier alpha value is -3.36. The predicted octanol–water partition coefficient (Wildman–Crippen LogP) is 0.875. The molecule has 2 saturated heterocycles. The molecule has 2 aliphatic rings. The van der Waals surface area contributed by atoms with Crippen molar-refractivity contribution >= 4 is 17.4 Å². The molecular weight excluding hydrogens is 460 g/mol. The van der Waals surface area contributed by atoms with Crippen LogP contribution < -0.4 is 14.7 Å². The number of nitrogens with one attached hydrogen (secondary N) is 1. The van der Waals surface area contributed by atoms with Gasteiger partial charge in [-0.05, 0) is 53.8 Å². The van der Waals surface area contributed by atoms with Crippen molar-refractivity contribution in [2.75, 3.05) is 46.0 Å². The van der Waals surface area contributed by atoms with Crippen molar-refractivity contribution in [3.8, 4) is 11.5 Å². The van der Waals surface area contributed by atoms with E-state index >= 15 is 0 Å². The van der Waals surface area contributed by atoms with Crippen molar-refractivity contribution in [1.82, 2.24) is 4.90 Å². The molecule has 2 fully saturated rings. The van der Waals surface area contributed by atoms with Crippen LogP contribution in [0.2, 0.25) is 0 Å². The molecule has 0 saturated carbocycles. The zero-order valence-electron chi connectivity index (χ0n) is 21.1. The van der Waals surface area contributed by atoms with Crippen molar-refractivity contribution < 1.29 is 34.2 Å². The molecule has 8 nitrogen and oxygen atoms in total. The fraction of sp³-hybridized carbons (Fsp3) is 0.429. The van der Waals surface area contributed by atoms with Crippen LogP contribution in [0.15, 0.2) is 48.0 Å². The number of nitrogens with zero attached hydrogens (tertiary/aromatic N) is 1. The van der Waals surface area contributed by atoms with E-state index < -0.39 is 23.5 Å². The number of amides is 1. The molecule has 0 aromatic heterocycles. The third-order valence-electron chi connectivity index (χ3n) is 6.65. The minimum absolute atomic E-state index is 0.0575. The highest BCUT2D eigenvalue weighted by Gasteiger charge is 2.44. The number of phenolic OH excluding ortho intramolecular Hbond substituents is 1. The molecule has 2 N–H and O–H groups in total. The SMILES string of the molecule is Cc1cc(C([O-])=C2C(=O)C(=O)N(CC[NH+]3CCOCC3)C2c2ccc(O)cc2)ccc1OCC(C)C. The number of Topliss-reactive ketones (excluding diaryl/α,β-unsaturated/α-hetero) is 1. The Morgan fingerprint density at radius 2 is 1.86 bits per heavy atom. The van der Waals surface area contributed by atoms with Gasteiger partial charge in [0, 0.05) is 5.57 Å². The molecular formula is C28H34N2O6. The van der Waals surface area contributed by atoms with Crippen LogP contribution in [0.25, 0.3) is 5.76 Å².